The number of nitrogens with two attached hydrogens (primary N) is 1. The molecule has 26 heavy (non-hydrogen) atoms. The minimum absolute atomic E-state index is 0.00371. The number of hydrogen-bond donors (Lipinski definition) is 1. The Morgan fingerprint density at radius 1 is 1.19 bits per heavy atom. The first kappa shape index (κ1) is 18.3. The number of halogens is 5. The molecule has 0 radical (unpaired) electrons. The first-order valence-corrected chi connectivity index (χ1v) is 7.83. The molecule has 4 nitrogen and oxygen atoms in total. The largest absolute Gasteiger partial charge is 0.322 e. The van der Waals surface area contributed by atoms with Gasteiger partial charge in [0.05, 0.1) is 27.7 Å². The summed E-state index contributed by atoms with van der Waals surface area (Å²) in [5.74, 6) is -1.81. The Morgan fingerprint density at radius 2 is 1.88 bits per heavy atom. The van der Waals surface area contributed by atoms with Crippen molar-refractivity contribution in [1.82, 2.24) is 9.55 Å². The van der Waals surface area contributed by atoms with Crippen LogP contribution in [0.15, 0.2) is 35.1 Å². The molecule has 0 aliphatic carbocycles. The Morgan fingerprint density at radius 3 is 2.50 bits per heavy atom. The van der Waals surface area contributed by atoms with Crippen LogP contribution in [-0.4, -0.2) is 9.55 Å². The Balaban J connectivity index is 2.45. The van der Waals surface area contributed by atoms with Gasteiger partial charge in [0, 0.05) is 5.56 Å². The van der Waals surface area contributed by atoms with Crippen molar-refractivity contribution in [3.05, 3.63) is 68.7 Å². The van der Waals surface area contributed by atoms with Crippen LogP contribution in [0.25, 0.3) is 16.6 Å². The number of hydrogen-bond acceptors (Lipinski definition) is 3. The third kappa shape index (κ3) is 3.06. The second kappa shape index (κ2) is 6.69. The monoisotopic (exact) mass is 385 g/mol. The van der Waals surface area contributed by atoms with Crippen molar-refractivity contribution in [1.29, 1.82) is 0 Å². The van der Waals surface area contributed by atoms with E-state index < -0.39 is 40.2 Å². The van der Waals surface area contributed by atoms with E-state index in [1.807, 2.05) is 0 Å². The lowest BCUT2D eigenvalue weighted by molar-refractivity contribution is 0.151. The van der Waals surface area contributed by atoms with Gasteiger partial charge in [0.1, 0.15) is 17.5 Å². The molecule has 2 aromatic carbocycles. The fraction of sp³-hybridized carbons (Fsp3) is 0.176. The fourth-order valence-corrected chi connectivity index (χ4v) is 2.87. The number of alkyl halides is 2. The lowest BCUT2D eigenvalue weighted by atomic mass is 10.1. The molecule has 0 aliphatic rings. The minimum Gasteiger partial charge on any atom is -0.322 e. The van der Waals surface area contributed by atoms with Crippen LogP contribution in [-0.2, 0) is 0 Å². The summed E-state index contributed by atoms with van der Waals surface area (Å²) in [6.07, 6.45) is -2.95. The number of benzene rings is 2. The van der Waals surface area contributed by atoms with Gasteiger partial charge >= 0.3 is 0 Å². The van der Waals surface area contributed by atoms with E-state index in [-0.39, 0.29) is 22.4 Å². The Labute approximate surface area is 149 Å². The van der Waals surface area contributed by atoms with E-state index >= 15 is 0 Å². The van der Waals surface area contributed by atoms with Gasteiger partial charge in [-0.05, 0) is 37.3 Å². The maximum Gasteiger partial charge on any atom is 0.267 e. The maximum atomic E-state index is 13.8. The first-order valence-electron chi connectivity index (χ1n) is 7.46. The van der Waals surface area contributed by atoms with E-state index in [1.54, 1.807) is 0 Å². The van der Waals surface area contributed by atoms with Gasteiger partial charge in [0.25, 0.3) is 12.0 Å². The van der Waals surface area contributed by atoms with Crippen LogP contribution < -0.4 is 11.3 Å². The number of nitrogens with zero attached hydrogens (tertiary/aromatic N) is 2. The Bertz CT molecular complexity index is 1070. The maximum absolute atomic E-state index is 13.8. The van der Waals surface area contributed by atoms with Crippen LogP contribution in [0.2, 0.25) is 5.02 Å². The van der Waals surface area contributed by atoms with Gasteiger partial charge in [-0.2, -0.15) is 0 Å². The van der Waals surface area contributed by atoms with Gasteiger partial charge in [-0.15, -0.1) is 0 Å². The molecular weight excluding hydrogens is 374 g/mol. The smallest absolute Gasteiger partial charge is 0.267 e. The Hall–Kier alpha value is -2.45. The van der Waals surface area contributed by atoms with Gasteiger partial charge in [-0.3, -0.25) is 9.36 Å². The summed E-state index contributed by atoms with van der Waals surface area (Å²) in [6, 6.07) is 4.00. The van der Waals surface area contributed by atoms with E-state index in [1.165, 1.54) is 13.0 Å². The van der Waals surface area contributed by atoms with E-state index in [9.17, 15) is 22.4 Å². The number of rotatable bonds is 3. The fourth-order valence-electron chi connectivity index (χ4n) is 2.63. The molecule has 0 amide bonds. The van der Waals surface area contributed by atoms with Crippen LogP contribution in [0, 0.1) is 11.6 Å². The molecule has 0 bridgehead atoms. The molecule has 1 atom stereocenters. The van der Waals surface area contributed by atoms with E-state index in [2.05, 4.69) is 4.98 Å². The predicted octanol–water partition coefficient (Wildman–Crippen LogP) is 4.27. The molecule has 0 fully saturated rings. The van der Waals surface area contributed by atoms with Gasteiger partial charge in [-0.25, -0.2) is 22.5 Å². The first-order chi connectivity index (χ1) is 12.2. The summed E-state index contributed by atoms with van der Waals surface area (Å²) in [7, 11) is 0. The lowest BCUT2D eigenvalue weighted by Crippen LogP contribution is -2.28. The summed E-state index contributed by atoms with van der Waals surface area (Å²) in [6.45, 7) is 1.52. The summed E-state index contributed by atoms with van der Waals surface area (Å²) < 4.78 is 54.5. The highest BCUT2D eigenvalue weighted by Crippen LogP contribution is 2.27. The third-order valence-electron chi connectivity index (χ3n) is 3.78. The summed E-state index contributed by atoms with van der Waals surface area (Å²) in [4.78, 5) is 17.1. The molecule has 136 valence electrons. The average molecular weight is 386 g/mol. The van der Waals surface area contributed by atoms with Gasteiger partial charge in [-0.1, -0.05) is 11.6 Å². The van der Waals surface area contributed by atoms with Crippen molar-refractivity contribution in [3.8, 4) is 5.69 Å². The third-order valence-corrected chi connectivity index (χ3v) is 4.15. The SMILES string of the molecule is C[C@H](N)c1nc2ccc(F)c(Cl)c2c(=O)n1-c1cc(F)cc(C(F)F)c1. The predicted molar refractivity (Wildman–Crippen MR) is 89.8 cm³/mol. The molecule has 3 aromatic rings. The molecule has 1 aromatic heterocycles. The molecule has 2 N–H and O–H groups in total. The van der Waals surface area contributed by atoms with Crippen LogP contribution >= 0.6 is 11.6 Å². The zero-order chi connectivity index (χ0) is 19.2. The molecule has 0 saturated carbocycles. The van der Waals surface area contributed by atoms with Crippen molar-refractivity contribution in [2.75, 3.05) is 0 Å². The molecule has 3 rings (SSSR count). The van der Waals surface area contributed by atoms with Gasteiger partial charge in [0.15, 0.2) is 0 Å². The van der Waals surface area contributed by atoms with Crippen LogP contribution in [0.5, 0.6) is 0 Å². The van der Waals surface area contributed by atoms with Crippen LogP contribution in [0.3, 0.4) is 0 Å². The van der Waals surface area contributed by atoms with Gasteiger partial charge in [0.2, 0.25) is 0 Å². The van der Waals surface area contributed by atoms with Crippen molar-refractivity contribution in [2.24, 2.45) is 5.73 Å². The second-order valence-electron chi connectivity index (χ2n) is 5.70. The molecule has 0 saturated heterocycles. The van der Waals surface area contributed by atoms with E-state index in [4.69, 9.17) is 17.3 Å². The molecule has 0 spiro atoms. The molecule has 0 aliphatic heterocycles. The van der Waals surface area contributed by atoms with Crippen molar-refractivity contribution < 1.29 is 17.6 Å². The van der Waals surface area contributed by atoms with Crippen LogP contribution in [0.1, 0.15) is 30.8 Å². The van der Waals surface area contributed by atoms with Crippen molar-refractivity contribution >= 4 is 22.5 Å². The molecule has 9 heteroatoms. The minimum atomic E-state index is -2.95. The quantitative estimate of drug-likeness (QED) is 0.685. The summed E-state index contributed by atoms with van der Waals surface area (Å²) in [5.41, 5.74) is 4.28. The molecule has 1 heterocycles. The number of aromatic nitrogens is 2. The summed E-state index contributed by atoms with van der Waals surface area (Å²) >= 11 is 5.88. The highest BCUT2D eigenvalue weighted by atomic mass is 35.5. The van der Waals surface area contributed by atoms with Crippen molar-refractivity contribution in [2.45, 2.75) is 19.4 Å². The number of fused-ring (bicyclic) bond motifs is 1. The van der Waals surface area contributed by atoms with E-state index in [0.717, 1.165) is 22.8 Å². The highest BCUT2D eigenvalue weighted by Gasteiger charge is 2.20. The zero-order valence-electron chi connectivity index (χ0n) is 13.3. The topological polar surface area (TPSA) is 60.9 Å². The standard InChI is InChI=1S/C17H12ClF4N3O/c1-7(23)16-24-12-3-2-11(20)14(18)13(12)17(26)25(16)10-5-8(15(21)22)4-9(19)6-10/h2-7,15H,23H2,1H3/t7-/m0/s1. The average Bonchev–Trinajstić information content (AvgIpc) is 2.56. The van der Waals surface area contributed by atoms with Crippen molar-refractivity contribution in [3.63, 3.8) is 0 Å². The lowest BCUT2D eigenvalue weighted by Gasteiger charge is -2.17. The zero-order valence-corrected chi connectivity index (χ0v) is 14.1. The van der Waals surface area contributed by atoms with E-state index in [0.29, 0.717) is 6.07 Å². The Kier molecular flexibility index (Phi) is 4.72. The molecule has 0 unspecified atom stereocenters. The molecular formula is C17H12ClF4N3O. The van der Waals surface area contributed by atoms with Gasteiger partial charge < -0.3 is 5.73 Å². The van der Waals surface area contributed by atoms with Crippen LogP contribution in [0.4, 0.5) is 17.6 Å². The summed E-state index contributed by atoms with van der Waals surface area (Å²) in [5, 5.41) is -0.714. The second-order valence-corrected chi connectivity index (χ2v) is 6.08. The highest BCUT2D eigenvalue weighted by molar-refractivity contribution is 6.35. The normalized spacial score (nSPS) is 12.8.